The molecular formula is C54H88N2. The van der Waals surface area contributed by atoms with Gasteiger partial charge in [0.05, 0.1) is 0 Å². The van der Waals surface area contributed by atoms with Crippen LogP contribution in [0.3, 0.4) is 0 Å². The van der Waals surface area contributed by atoms with Crippen LogP contribution in [0.5, 0.6) is 0 Å². The molecule has 2 saturated heterocycles. The number of hydrogen-bond acceptors (Lipinski definition) is 2. The Bertz CT molecular complexity index is 1290. The summed E-state index contributed by atoms with van der Waals surface area (Å²) in [5.74, 6) is 11.3. The van der Waals surface area contributed by atoms with Crippen LogP contribution in [0.15, 0.2) is 11.6 Å². The Morgan fingerprint density at radius 1 is 0.339 bits per heavy atom. The molecule has 56 heavy (non-hydrogen) atoms. The predicted molar refractivity (Wildman–Crippen MR) is 234 cm³/mol. The van der Waals surface area contributed by atoms with E-state index in [1.165, 1.54) is 89.9 Å². The minimum absolute atomic E-state index is 0.773. The molecule has 2 heterocycles. The van der Waals surface area contributed by atoms with Crippen LogP contribution in [-0.4, -0.2) is 46.1 Å². The van der Waals surface area contributed by atoms with Gasteiger partial charge in [-0.25, -0.2) is 0 Å². The number of likely N-dealkylation sites (tertiary alicyclic amines) is 2. The topological polar surface area (TPSA) is 6.48 Å². The molecule has 11 aliphatic rings. The van der Waals surface area contributed by atoms with Crippen LogP contribution in [0.2, 0.25) is 0 Å². The molecule has 2 heteroatoms. The van der Waals surface area contributed by atoms with Gasteiger partial charge in [-0.3, -0.25) is 9.80 Å². The van der Waals surface area contributed by atoms with E-state index in [1.807, 2.05) is 5.57 Å². The summed E-state index contributed by atoms with van der Waals surface area (Å²) >= 11 is 0. The fourth-order valence-corrected chi connectivity index (χ4v) is 19.1. The van der Waals surface area contributed by atoms with Crippen molar-refractivity contribution in [3.05, 3.63) is 11.6 Å². The van der Waals surface area contributed by atoms with Gasteiger partial charge in [0, 0.05) is 36.3 Å². The van der Waals surface area contributed by atoms with Crippen LogP contribution in [0.4, 0.5) is 0 Å². The lowest BCUT2D eigenvalue weighted by Crippen LogP contribution is -2.54. The maximum absolute atomic E-state index is 3.50. The quantitative estimate of drug-likeness (QED) is 0.249. The van der Waals surface area contributed by atoms with E-state index in [-0.39, 0.29) is 0 Å². The van der Waals surface area contributed by atoms with Gasteiger partial charge in [-0.2, -0.15) is 0 Å². The van der Waals surface area contributed by atoms with Crippen LogP contribution in [-0.2, 0) is 0 Å². The molecular weight excluding hydrogens is 677 g/mol. The van der Waals surface area contributed by atoms with Gasteiger partial charge in [-0.05, 0) is 149 Å². The maximum Gasteiger partial charge on any atom is 0.0289 e. The summed E-state index contributed by atoms with van der Waals surface area (Å²) in [6.07, 6.45) is 57.2. The van der Waals surface area contributed by atoms with Crippen molar-refractivity contribution in [2.45, 2.75) is 261 Å². The molecule has 10 fully saturated rings. The average molecular weight is 765 g/mol. The monoisotopic (exact) mass is 765 g/mol. The lowest BCUT2D eigenvalue weighted by Gasteiger charge is -2.51. The molecule has 0 radical (unpaired) electrons. The average Bonchev–Trinajstić information content (AvgIpc) is 3.80. The summed E-state index contributed by atoms with van der Waals surface area (Å²) in [6, 6.07) is 5.39. The van der Waals surface area contributed by atoms with Crippen LogP contribution in [0.25, 0.3) is 0 Å². The van der Waals surface area contributed by atoms with Crippen molar-refractivity contribution in [1.29, 1.82) is 0 Å². The zero-order chi connectivity index (χ0) is 37.0. The van der Waals surface area contributed by atoms with E-state index in [9.17, 15) is 0 Å². The van der Waals surface area contributed by atoms with E-state index >= 15 is 0 Å². The summed E-state index contributed by atoms with van der Waals surface area (Å²) in [5.41, 5.74) is 2.00. The largest absolute Gasteiger partial charge is 0.294 e. The molecule has 2 aliphatic heterocycles. The zero-order valence-corrected chi connectivity index (χ0v) is 36.5. The highest BCUT2D eigenvalue weighted by atomic mass is 15.3. The zero-order valence-electron chi connectivity index (χ0n) is 36.5. The van der Waals surface area contributed by atoms with Gasteiger partial charge < -0.3 is 0 Å². The highest BCUT2D eigenvalue weighted by Gasteiger charge is 2.64. The summed E-state index contributed by atoms with van der Waals surface area (Å²) in [7, 11) is 0. The van der Waals surface area contributed by atoms with Crippen molar-refractivity contribution < 1.29 is 0 Å². The molecule has 12 atom stereocenters. The molecule has 12 unspecified atom stereocenters. The highest BCUT2D eigenvalue weighted by Crippen LogP contribution is 2.62. The minimum atomic E-state index is 0.773. The number of fused-ring (bicyclic) bond motifs is 7. The third kappa shape index (κ3) is 7.31. The third-order valence-corrected chi connectivity index (χ3v) is 21.3. The second-order valence-corrected chi connectivity index (χ2v) is 23.7. The first-order valence-electron chi connectivity index (χ1n) is 27.0. The van der Waals surface area contributed by atoms with Gasteiger partial charge in [0.2, 0.25) is 0 Å². The molecule has 0 aromatic carbocycles. The highest BCUT2D eigenvalue weighted by molar-refractivity contribution is 5.22. The van der Waals surface area contributed by atoms with E-state index in [4.69, 9.17) is 0 Å². The molecule has 0 amide bonds. The van der Waals surface area contributed by atoms with E-state index in [0.717, 1.165) is 101 Å². The van der Waals surface area contributed by atoms with Crippen LogP contribution < -0.4 is 0 Å². The van der Waals surface area contributed by atoms with Gasteiger partial charge in [0.25, 0.3) is 0 Å². The van der Waals surface area contributed by atoms with Crippen molar-refractivity contribution in [3.63, 3.8) is 0 Å². The van der Waals surface area contributed by atoms with Crippen molar-refractivity contribution in [2.75, 3.05) is 0 Å². The summed E-state index contributed by atoms with van der Waals surface area (Å²) < 4.78 is 0. The van der Waals surface area contributed by atoms with Crippen molar-refractivity contribution in [2.24, 2.45) is 65.1 Å². The first-order chi connectivity index (χ1) is 27.8. The summed E-state index contributed by atoms with van der Waals surface area (Å²) in [6.45, 7) is 0. The lowest BCUT2D eigenvalue weighted by molar-refractivity contribution is -0.00974. The minimum Gasteiger partial charge on any atom is -0.294 e. The molecule has 8 saturated carbocycles. The van der Waals surface area contributed by atoms with Crippen LogP contribution >= 0.6 is 0 Å². The molecule has 0 aromatic rings. The Morgan fingerprint density at radius 3 is 1.34 bits per heavy atom. The second-order valence-electron chi connectivity index (χ2n) is 23.7. The van der Waals surface area contributed by atoms with Gasteiger partial charge in [-0.1, -0.05) is 153 Å². The molecule has 11 rings (SSSR count). The fraction of sp³-hybridized carbons (Fsp3) is 0.963. The normalized spacial score (nSPS) is 46.8. The molecule has 0 N–H and O–H groups in total. The van der Waals surface area contributed by atoms with E-state index in [0.29, 0.717) is 0 Å². The van der Waals surface area contributed by atoms with Gasteiger partial charge >= 0.3 is 0 Å². The van der Waals surface area contributed by atoms with Gasteiger partial charge in [0.1, 0.15) is 0 Å². The van der Waals surface area contributed by atoms with Crippen LogP contribution in [0.1, 0.15) is 225 Å². The first-order valence-corrected chi connectivity index (χ1v) is 27.0. The fourth-order valence-electron chi connectivity index (χ4n) is 19.1. The Labute approximate surface area is 346 Å². The maximum atomic E-state index is 3.50. The second kappa shape index (κ2) is 17.2. The molecule has 0 spiro atoms. The predicted octanol–water partition coefficient (Wildman–Crippen LogP) is 14.3. The Hall–Kier alpha value is -0.340. The molecule has 0 bridgehead atoms. The van der Waals surface area contributed by atoms with Gasteiger partial charge in [0.15, 0.2) is 0 Å². The molecule has 0 aromatic heterocycles. The number of allylic oxidation sites excluding steroid dienone is 1. The Morgan fingerprint density at radius 2 is 0.786 bits per heavy atom. The number of nitrogens with zero attached hydrogens (tertiary/aromatic N) is 2. The number of hydrogen-bond donors (Lipinski definition) is 0. The van der Waals surface area contributed by atoms with Crippen molar-refractivity contribution >= 4 is 0 Å². The first kappa shape index (κ1) is 38.6. The Kier molecular flexibility index (Phi) is 11.8. The molecule has 2 nitrogen and oxygen atoms in total. The summed E-state index contributed by atoms with van der Waals surface area (Å²) in [4.78, 5) is 6.93. The smallest absolute Gasteiger partial charge is 0.0289 e. The van der Waals surface area contributed by atoms with E-state index < -0.39 is 0 Å². The standard InChI is InChI=1S/C54H88N2/c1-5-17-37(18-6-1)41-31-42(38-19-7-2-8-20-38)34-45(33-41)55-49-27-15-13-25-47(49)53-51(55)29-30-52-54(53)48-26-14-16-28-50(48)56(52)46-35-43(39-21-9-3-10-22-39)32-44(36-46)40-23-11-4-12-24-40/h33,37-40,42-54H,1-32,34-36H2. The van der Waals surface area contributed by atoms with Crippen molar-refractivity contribution in [3.8, 4) is 0 Å². The van der Waals surface area contributed by atoms with E-state index in [1.54, 1.807) is 135 Å². The Balaban J connectivity index is 0.906. The number of rotatable bonds is 6. The molecule has 9 aliphatic carbocycles. The van der Waals surface area contributed by atoms with E-state index in [2.05, 4.69) is 15.9 Å². The van der Waals surface area contributed by atoms with Crippen molar-refractivity contribution in [1.82, 2.24) is 9.80 Å². The lowest BCUT2D eigenvalue weighted by atomic mass is 9.61. The van der Waals surface area contributed by atoms with Gasteiger partial charge in [-0.15, -0.1) is 0 Å². The molecule has 314 valence electrons. The third-order valence-electron chi connectivity index (χ3n) is 21.3. The summed E-state index contributed by atoms with van der Waals surface area (Å²) in [5, 5.41) is 0. The van der Waals surface area contributed by atoms with Crippen LogP contribution in [0, 0.1) is 65.1 Å². The SMILES string of the molecule is C1=C(C2CCCCC2)CC(C2CCCCC2)CC1N1C2CCCCC2C2C3C4CCCCC4N(C4CC(C5CCCCC5)CC(C5CCCCC5)C4)C3CCC21.